The summed E-state index contributed by atoms with van der Waals surface area (Å²) in [6, 6.07) is 13.0. The van der Waals surface area contributed by atoms with E-state index in [4.69, 9.17) is 22.1 Å². The van der Waals surface area contributed by atoms with Crippen LogP contribution in [0.5, 0.6) is 5.75 Å². The van der Waals surface area contributed by atoms with Crippen molar-refractivity contribution in [2.45, 2.75) is 9.79 Å². The summed E-state index contributed by atoms with van der Waals surface area (Å²) in [4.78, 5) is 21.9. The standard InChI is InChI=1S/C18H15ClN4O2S/c1-25-12-3-5-13(6-4-12)26-15-7-2-11(10-14(15)19)23-18(24)16-17(20)22-9-8-21-16/h2-10H,1H3,(H2,20,22)(H,23,24). The molecule has 1 aromatic heterocycles. The molecule has 3 N–H and O–H groups in total. The Bertz CT molecular complexity index is 935. The summed E-state index contributed by atoms with van der Waals surface area (Å²) in [5, 5.41) is 3.24. The maximum Gasteiger partial charge on any atom is 0.278 e. The van der Waals surface area contributed by atoms with Gasteiger partial charge in [0.15, 0.2) is 11.5 Å². The maximum absolute atomic E-state index is 12.2. The number of hydrogen-bond donors (Lipinski definition) is 2. The van der Waals surface area contributed by atoms with Gasteiger partial charge in [-0.15, -0.1) is 0 Å². The first-order valence-corrected chi connectivity index (χ1v) is 8.75. The van der Waals surface area contributed by atoms with E-state index >= 15 is 0 Å². The van der Waals surface area contributed by atoms with Gasteiger partial charge in [-0.2, -0.15) is 0 Å². The number of carbonyl (C=O) groups excluding carboxylic acids is 1. The zero-order valence-electron chi connectivity index (χ0n) is 13.8. The van der Waals surface area contributed by atoms with Crippen LogP contribution in [0.3, 0.4) is 0 Å². The average Bonchev–Trinajstić information content (AvgIpc) is 2.65. The lowest BCUT2D eigenvalue weighted by Crippen LogP contribution is -2.16. The summed E-state index contributed by atoms with van der Waals surface area (Å²) in [5.74, 6) is 0.423. The number of aromatic nitrogens is 2. The molecule has 0 aliphatic carbocycles. The van der Waals surface area contributed by atoms with Crippen molar-refractivity contribution in [2.75, 3.05) is 18.2 Å². The number of rotatable bonds is 5. The molecule has 26 heavy (non-hydrogen) atoms. The van der Waals surface area contributed by atoms with Crippen molar-refractivity contribution in [1.82, 2.24) is 9.97 Å². The summed E-state index contributed by atoms with van der Waals surface area (Å²) in [7, 11) is 1.63. The van der Waals surface area contributed by atoms with E-state index in [-0.39, 0.29) is 11.5 Å². The van der Waals surface area contributed by atoms with Crippen LogP contribution in [-0.4, -0.2) is 23.0 Å². The van der Waals surface area contributed by atoms with E-state index in [0.29, 0.717) is 10.7 Å². The summed E-state index contributed by atoms with van der Waals surface area (Å²) in [6.45, 7) is 0. The van der Waals surface area contributed by atoms with Crippen molar-refractivity contribution in [3.8, 4) is 5.75 Å². The lowest BCUT2D eigenvalue weighted by molar-refractivity contribution is 0.102. The van der Waals surface area contributed by atoms with Crippen LogP contribution in [0.1, 0.15) is 10.5 Å². The highest BCUT2D eigenvalue weighted by Gasteiger charge is 2.13. The van der Waals surface area contributed by atoms with Gasteiger partial charge in [-0.25, -0.2) is 9.97 Å². The monoisotopic (exact) mass is 386 g/mol. The molecule has 132 valence electrons. The van der Waals surface area contributed by atoms with Crippen molar-refractivity contribution in [1.29, 1.82) is 0 Å². The molecule has 0 radical (unpaired) electrons. The third-order valence-electron chi connectivity index (χ3n) is 3.42. The highest BCUT2D eigenvalue weighted by molar-refractivity contribution is 7.99. The summed E-state index contributed by atoms with van der Waals surface area (Å²) in [5.41, 5.74) is 6.28. The molecule has 0 saturated heterocycles. The van der Waals surface area contributed by atoms with Gasteiger partial charge in [0.1, 0.15) is 5.75 Å². The molecule has 8 heteroatoms. The predicted octanol–water partition coefficient (Wildman–Crippen LogP) is 4.12. The number of nitrogen functional groups attached to an aromatic ring is 1. The number of benzene rings is 2. The quantitative estimate of drug-likeness (QED) is 0.685. The minimum absolute atomic E-state index is 0.0697. The highest BCUT2D eigenvalue weighted by Crippen LogP contribution is 2.35. The number of anilines is 2. The van der Waals surface area contributed by atoms with Gasteiger partial charge < -0.3 is 15.8 Å². The normalized spacial score (nSPS) is 10.4. The van der Waals surface area contributed by atoms with E-state index in [9.17, 15) is 4.79 Å². The van der Waals surface area contributed by atoms with Crippen molar-refractivity contribution < 1.29 is 9.53 Å². The van der Waals surface area contributed by atoms with Crippen LogP contribution in [0.15, 0.2) is 64.6 Å². The summed E-state index contributed by atoms with van der Waals surface area (Å²) < 4.78 is 5.15. The average molecular weight is 387 g/mol. The Balaban J connectivity index is 1.72. The minimum Gasteiger partial charge on any atom is -0.497 e. The predicted molar refractivity (Wildman–Crippen MR) is 103 cm³/mol. The second kappa shape index (κ2) is 8.07. The largest absolute Gasteiger partial charge is 0.497 e. The fourth-order valence-electron chi connectivity index (χ4n) is 2.15. The molecule has 0 fully saturated rings. The zero-order valence-corrected chi connectivity index (χ0v) is 15.3. The van der Waals surface area contributed by atoms with Crippen LogP contribution in [0.4, 0.5) is 11.5 Å². The van der Waals surface area contributed by atoms with E-state index in [1.165, 1.54) is 24.2 Å². The molecule has 2 aromatic carbocycles. The molecule has 1 heterocycles. The van der Waals surface area contributed by atoms with Gasteiger partial charge in [-0.1, -0.05) is 23.4 Å². The van der Waals surface area contributed by atoms with E-state index in [2.05, 4.69) is 15.3 Å². The van der Waals surface area contributed by atoms with Crippen molar-refractivity contribution in [2.24, 2.45) is 0 Å². The molecule has 1 amide bonds. The molecule has 0 bridgehead atoms. The Hall–Kier alpha value is -2.77. The molecule has 0 spiro atoms. The Morgan fingerprint density at radius 1 is 1.15 bits per heavy atom. The molecule has 0 atom stereocenters. The number of nitrogens with one attached hydrogen (secondary N) is 1. The number of carbonyl (C=O) groups is 1. The van der Waals surface area contributed by atoms with Crippen molar-refractivity contribution >= 4 is 40.8 Å². The van der Waals surface area contributed by atoms with E-state index < -0.39 is 5.91 Å². The number of hydrogen-bond acceptors (Lipinski definition) is 6. The minimum atomic E-state index is -0.442. The molecular weight excluding hydrogens is 372 g/mol. The van der Waals surface area contributed by atoms with Crippen LogP contribution < -0.4 is 15.8 Å². The van der Waals surface area contributed by atoms with Crippen molar-refractivity contribution in [3.63, 3.8) is 0 Å². The Labute approximate surface area is 159 Å². The van der Waals surface area contributed by atoms with Crippen LogP contribution in [-0.2, 0) is 0 Å². The fourth-order valence-corrected chi connectivity index (χ4v) is 3.26. The Kier molecular flexibility index (Phi) is 5.60. The molecule has 3 aromatic rings. The van der Waals surface area contributed by atoms with Gasteiger partial charge in [0, 0.05) is 27.9 Å². The van der Waals surface area contributed by atoms with E-state index in [1.807, 2.05) is 30.3 Å². The fraction of sp³-hybridized carbons (Fsp3) is 0.0556. The van der Waals surface area contributed by atoms with Gasteiger partial charge in [0.2, 0.25) is 0 Å². The van der Waals surface area contributed by atoms with E-state index in [1.54, 1.807) is 19.2 Å². The number of nitrogens with zero attached hydrogens (tertiary/aromatic N) is 2. The zero-order chi connectivity index (χ0) is 18.5. The second-order valence-corrected chi connectivity index (χ2v) is 6.69. The van der Waals surface area contributed by atoms with Crippen LogP contribution in [0.2, 0.25) is 5.02 Å². The van der Waals surface area contributed by atoms with Gasteiger partial charge in [-0.05, 0) is 42.5 Å². The highest BCUT2D eigenvalue weighted by atomic mass is 35.5. The van der Waals surface area contributed by atoms with Gasteiger partial charge in [-0.3, -0.25) is 4.79 Å². The van der Waals surface area contributed by atoms with Crippen molar-refractivity contribution in [3.05, 3.63) is 65.6 Å². The Morgan fingerprint density at radius 3 is 2.54 bits per heavy atom. The number of ether oxygens (including phenoxy) is 1. The van der Waals surface area contributed by atoms with Crippen LogP contribution in [0, 0.1) is 0 Å². The first kappa shape index (κ1) is 18.0. The van der Waals surface area contributed by atoms with E-state index in [0.717, 1.165) is 15.5 Å². The molecule has 3 rings (SSSR count). The number of nitrogens with two attached hydrogens (primary N) is 1. The summed E-state index contributed by atoms with van der Waals surface area (Å²) >= 11 is 7.87. The second-order valence-electron chi connectivity index (χ2n) is 5.17. The molecule has 0 saturated carbocycles. The third kappa shape index (κ3) is 4.25. The number of amides is 1. The molecule has 6 nitrogen and oxygen atoms in total. The number of methoxy groups -OCH3 is 1. The molecular formula is C18H15ClN4O2S. The number of halogens is 1. The van der Waals surface area contributed by atoms with Gasteiger partial charge in [0.05, 0.1) is 12.1 Å². The molecule has 0 unspecified atom stereocenters. The maximum atomic E-state index is 12.2. The smallest absolute Gasteiger partial charge is 0.278 e. The molecule has 0 aliphatic rings. The van der Waals surface area contributed by atoms with Crippen LogP contribution >= 0.6 is 23.4 Å². The third-order valence-corrected chi connectivity index (χ3v) is 4.93. The topological polar surface area (TPSA) is 90.1 Å². The Morgan fingerprint density at radius 2 is 1.88 bits per heavy atom. The SMILES string of the molecule is COc1ccc(Sc2ccc(NC(=O)c3nccnc3N)cc2Cl)cc1. The lowest BCUT2D eigenvalue weighted by atomic mass is 10.3. The lowest BCUT2D eigenvalue weighted by Gasteiger charge is -2.09. The first-order valence-electron chi connectivity index (χ1n) is 7.56. The van der Waals surface area contributed by atoms with Gasteiger partial charge in [0.25, 0.3) is 5.91 Å². The van der Waals surface area contributed by atoms with Crippen LogP contribution in [0.25, 0.3) is 0 Å². The summed E-state index contributed by atoms with van der Waals surface area (Å²) in [6.07, 6.45) is 2.83. The molecule has 0 aliphatic heterocycles. The van der Waals surface area contributed by atoms with Gasteiger partial charge >= 0.3 is 0 Å². The first-order chi connectivity index (χ1) is 12.6.